The number of hydrogen-bond acceptors (Lipinski definition) is 4. The number of hydrogen-bond donors (Lipinski definition) is 2. The summed E-state index contributed by atoms with van der Waals surface area (Å²) in [6.45, 7) is 2.04. The zero-order valence-electron chi connectivity index (χ0n) is 17.1. The van der Waals surface area contributed by atoms with E-state index in [0.717, 1.165) is 61.4 Å². The molecule has 154 valence electrons. The second-order valence-corrected chi connectivity index (χ2v) is 7.67. The molecular weight excluding hydrogens is 403 g/mol. The first-order valence-corrected chi connectivity index (χ1v) is 10.2. The van der Waals surface area contributed by atoms with E-state index < -0.39 is 0 Å². The molecule has 0 saturated heterocycles. The monoisotopic (exact) mass is 420 g/mol. The molecule has 32 heavy (non-hydrogen) atoms. The van der Waals surface area contributed by atoms with Gasteiger partial charge in [-0.25, -0.2) is 9.37 Å². The summed E-state index contributed by atoms with van der Waals surface area (Å²) in [7, 11) is 0. The average Bonchev–Trinajstić information content (AvgIpc) is 3.43. The van der Waals surface area contributed by atoms with Gasteiger partial charge in [-0.1, -0.05) is 0 Å². The van der Waals surface area contributed by atoms with Crippen molar-refractivity contribution in [3.8, 4) is 33.9 Å². The van der Waals surface area contributed by atoms with Crippen LogP contribution in [-0.2, 0) is 0 Å². The van der Waals surface area contributed by atoms with E-state index in [2.05, 4.69) is 25.1 Å². The number of fused-ring (bicyclic) bond motifs is 2. The molecule has 6 rings (SSSR count). The van der Waals surface area contributed by atoms with Gasteiger partial charge in [0, 0.05) is 40.6 Å². The van der Waals surface area contributed by atoms with Crippen LogP contribution in [-0.4, -0.2) is 30.1 Å². The molecule has 0 aliphatic rings. The van der Waals surface area contributed by atoms with Crippen molar-refractivity contribution >= 4 is 21.9 Å². The topological polar surface area (TPSA) is 83.1 Å². The predicted molar refractivity (Wildman–Crippen MR) is 122 cm³/mol. The van der Waals surface area contributed by atoms with Gasteiger partial charge in [0.2, 0.25) is 0 Å². The molecule has 0 spiro atoms. The number of aromatic amines is 2. The van der Waals surface area contributed by atoms with Gasteiger partial charge in [0.15, 0.2) is 0 Å². The van der Waals surface area contributed by atoms with E-state index in [1.165, 1.54) is 12.1 Å². The number of H-pyrrole nitrogens is 2. The van der Waals surface area contributed by atoms with Crippen LogP contribution >= 0.6 is 0 Å². The molecular formula is C25H17FN6. The van der Waals surface area contributed by atoms with E-state index in [1.807, 2.05) is 43.5 Å². The molecule has 0 aliphatic carbocycles. The van der Waals surface area contributed by atoms with Crippen LogP contribution in [0.4, 0.5) is 4.39 Å². The molecule has 6 aromatic rings. The molecule has 2 N–H and O–H groups in total. The molecule has 0 aliphatic heterocycles. The van der Waals surface area contributed by atoms with Crippen LogP contribution in [0.3, 0.4) is 0 Å². The minimum atomic E-state index is -0.274. The lowest BCUT2D eigenvalue weighted by Gasteiger charge is -2.04. The van der Waals surface area contributed by atoms with Crippen molar-refractivity contribution in [3.63, 3.8) is 0 Å². The van der Waals surface area contributed by atoms with E-state index in [0.29, 0.717) is 0 Å². The number of pyridine rings is 3. The summed E-state index contributed by atoms with van der Waals surface area (Å²) in [6.07, 6.45) is 5.34. The number of halogens is 1. The minimum Gasteiger partial charge on any atom is -0.353 e. The highest BCUT2D eigenvalue weighted by Gasteiger charge is 2.16. The number of aromatic nitrogens is 6. The first-order chi connectivity index (χ1) is 15.7. The van der Waals surface area contributed by atoms with Gasteiger partial charge in [0.05, 0.1) is 22.6 Å². The van der Waals surface area contributed by atoms with E-state index in [4.69, 9.17) is 4.98 Å². The maximum Gasteiger partial charge on any atom is 0.135 e. The van der Waals surface area contributed by atoms with E-state index in [1.54, 1.807) is 24.5 Å². The first-order valence-electron chi connectivity index (χ1n) is 10.2. The van der Waals surface area contributed by atoms with Gasteiger partial charge in [-0.2, -0.15) is 5.10 Å². The Bertz CT molecular complexity index is 1600. The number of rotatable bonds is 3. The van der Waals surface area contributed by atoms with Crippen LogP contribution in [0, 0.1) is 12.7 Å². The molecule has 0 saturated carbocycles. The molecule has 0 atom stereocenters. The van der Waals surface area contributed by atoms with Crippen LogP contribution in [0.5, 0.6) is 0 Å². The SMILES string of the molecule is Cc1ccncc1-c1ccc2[nH]nc(-c3cc4c(-c5ccc(F)cc5)nccc4[nH]3)c2n1. The summed E-state index contributed by atoms with van der Waals surface area (Å²) in [5, 5.41) is 8.53. The fraction of sp³-hybridized carbons (Fsp3) is 0.0400. The summed E-state index contributed by atoms with van der Waals surface area (Å²) in [4.78, 5) is 17.1. The summed E-state index contributed by atoms with van der Waals surface area (Å²) in [5.41, 5.74) is 8.67. The Labute approximate surface area is 182 Å². The van der Waals surface area contributed by atoms with Crippen LogP contribution in [0.1, 0.15) is 5.56 Å². The summed E-state index contributed by atoms with van der Waals surface area (Å²) < 4.78 is 13.4. The second kappa shape index (κ2) is 7.09. The predicted octanol–water partition coefficient (Wildman–Crippen LogP) is 5.68. The molecule has 5 heterocycles. The number of nitrogens with one attached hydrogen (secondary N) is 2. The van der Waals surface area contributed by atoms with Gasteiger partial charge in [0.1, 0.15) is 17.0 Å². The van der Waals surface area contributed by atoms with Gasteiger partial charge in [0.25, 0.3) is 0 Å². The van der Waals surface area contributed by atoms with Crippen molar-refractivity contribution in [2.45, 2.75) is 6.92 Å². The Morgan fingerprint density at radius 3 is 2.59 bits per heavy atom. The Morgan fingerprint density at radius 1 is 0.875 bits per heavy atom. The van der Waals surface area contributed by atoms with Gasteiger partial charge in [-0.05, 0) is 67.1 Å². The highest BCUT2D eigenvalue weighted by Crippen LogP contribution is 2.33. The van der Waals surface area contributed by atoms with Crippen LogP contribution < -0.4 is 0 Å². The molecule has 0 bridgehead atoms. The van der Waals surface area contributed by atoms with Crippen molar-refractivity contribution in [2.24, 2.45) is 0 Å². The number of aryl methyl sites for hydroxylation is 1. The largest absolute Gasteiger partial charge is 0.353 e. The Kier molecular flexibility index (Phi) is 4.07. The third-order valence-electron chi connectivity index (χ3n) is 5.64. The van der Waals surface area contributed by atoms with Crippen molar-refractivity contribution < 1.29 is 4.39 Å². The fourth-order valence-electron chi connectivity index (χ4n) is 3.99. The quantitative estimate of drug-likeness (QED) is 0.386. The smallest absolute Gasteiger partial charge is 0.135 e. The number of nitrogens with zero attached hydrogens (tertiary/aromatic N) is 4. The molecule has 5 aromatic heterocycles. The minimum absolute atomic E-state index is 0.274. The first kappa shape index (κ1) is 18.4. The lowest BCUT2D eigenvalue weighted by Crippen LogP contribution is -1.89. The van der Waals surface area contributed by atoms with Gasteiger partial charge in [-0.3, -0.25) is 15.1 Å². The van der Waals surface area contributed by atoms with Crippen molar-refractivity contribution in [2.75, 3.05) is 0 Å². The van der Waals surface area contributed by atoms with Crippen molar-refractivity contribution in [1.29, 1.82) is 0 Å². The molecule has 0 radical (unpaired) electrons. The van der Waals surface area contributed by atoms with Gasteiger partial charge >= 0.3 is 0 Å². The molecule has 0 unspecified atom stereocenters. The van der Waals surface area contributed by atoms with Gasteiger partial charge < -0.3 is 4.98 Å². The summed E-state index contributed by atoms with van der Waals surface area (Å²) in [6, 6.07) is 16.2. The molecule has 6 nitrogen and oxygen atoms in total. The third-order valence-corrected chi connectivity index (χ3v) is 5.64. The normalized spacial score (nSPS) is 11.4. The lowest BCUT2D eigenvalue weighted by atomic mass is 10.1. The van der Waals surface area contributed by atoms with Crippen molar-refractivity contribution in [1.82, 2.24) is 30.1 Å². The molecule has 0 fully saturated rings. The molecule has 0 amide bonds. The van der Waals surface area contributed by atoms with E-state index in [-0.39, 0.29) is 5.82 Å². The maximum absolute atomic E-state index is 13.4. The molecule has 7 heteroatoms. The maximum atomic E-state index is 13.4. The van der Waals surface area contributed by atoms with Crippen LogP contribution in [0.15, 0.2) is 73.2 Å². The highest BCUT2D eigenvalue weighted by atomic mass is 19.1. The third kappa shape index (κ3) is 2.94. The fourth-order valence-corrected chi connectivity index (χ4v) is 3.99. The lowest BCUT2D eigenvalue weighted by molar-refractivity contribution is 0.628. The second-order valence-electron chi connectivity index (χ2n) is 7.67. The highest BCUT2D eigenvalue weighted by molar-refractivity contribution is 5.99. The van der Waals surface area contributed by atoms with Crippen molar-refractivity contribution in [3.05, 3.63) is 84.6 Å². The zero-order valence-corrected chi connectivity index (χ0v) is 17.1. The Hall–Kier alpha value is -4.39. The molecule has 1 aromatic carbocycles. The van der Waals surface area contributed by atoms with E-state index in [9.17, 15) is 4.39 Å². The van der Waals surface area contributed by atoms with Gasteiger partial charge in [-0.15, -0.1) is 0 Å². The Balaban J connectivity index is 1.51. The summed E-state index contributed by atoms with van der Waals surface area (Å²) in [5.74, 6) is -0.274. The standard InChI is InChI=1S/C25H17FN6/c1-14-8-10-27-13-18(14)19-6-7-21-24(30-19)25(32-31-21)22-12-17-20(29-22)9-11-28-23(17)15-2-4-16(26)5-3-15/h2-13,29H,1H3,(H,31,32). The number of benzene rings is 1. The zero-order chi connectivity index (χ0) is 21.7. The average molecular weight is 420 g/mol. The van der Waals surface area contributed by atoms with Crippen LogP contribution in [0.25, 0.3) is 55.8 Å². The Morgan fingerprint density at radius 2 is 1.75 bits per heavy atom. The van der Waals surface area contributed by atoms with E-state index >= 15 is 0 Å². The summed E-state index contributed by atoms with van der Waals surface area (Å²) >= 11 is 0. The van der Waals surface area contributed by atoms with Crippen LogP contribution in [0.2, 0.25) is 0 Å².